The third-order valence-electron chi connectivity index (χ3n) is 6.78. The van der Waals surface area contributed by atoms with Gasteiger partial charge in [0.05, 0.1) is 0 Å². The molecule has 0 aromatic heterocycles. The molecule has 0 amide bonds. The zero-order chi connectivity index (χ0) is 16.4. The first-order valence-corrected chi connectivity index (χ1v) is 8.59. The lowest BCUT2D eigenvalue weighted by Crippen LogP contribution is -2.42. The number of halogens is 2. The summed E-state index contributed by atoms with van der Waals surface area (Å²) in [6.07, 6.45) is 2.28. The van der Waals surface area contributed by atoms with Crippen LogP contribution in [0.25, 0.3) is 0 Å². The predicted molar refractivity (Wildman–Crippen MR) is 82.7 cm³/mol. The van der Waals surface area contributed by atoms with Crippen LogP contribution in [0.3, 0.4) is 0 Å². The number of aryl methyl sites for hydroxylation is 1. The number of rotatable bonds is 1. The zero-order valence-corrected chi connectivity index (χ0v) is 13.3. The molecular weight excluding hydrogens is 298 g/mol. The summed E-state index contributed by atoms with van der Waals surface area (Å²) in [5.74, 6) is 1.09. The highest BCUT2D eigenvalue weighted by Crippen LogP contribution is 2.60. The normalized spacial score (nSPS) is 35.8. The Morgan fingerprint density at radius 2 is 2.00 bits per heavy atom. The molecular formula is C19H22F2O2. The number of phenols is 1. The van der Waals surface area contributed by atoms with E-state index < -0.39 is 6.43 Å². The summed E-state index contributed by atoms with van der Waals surface area (Å²) in [5.41, 5.74) is 1.42. The molecule has 124 valence electrons. The summed E-state index contributed by atoms with van der Waals surface area (Å²) < 4.78 is 27.1. The number of ketones is 1. The van der Waals surface area contributed by atoms with Gasteiger partial charge in [0.1, 0.15) is 11.5 Å². The predicted octanol–water partition coefficient (Wildman–Crippen LogP) is 4.76. The number of Topliss-reactive ketones (excluding diaryl/α,β-unsaturated/α-hetero) is 1. The molecule has 0 unspecified atom stereocenters. The maximum atomic E-state index is 13.5. The summed E-state index contributed by atoms with van der Waals surface area (Å²) in [7, 11) is 0. The van der Waals surface area contributed by atoms with E-state index in [1.165, 1.54) is 6.07 Å². The fourth-order valence-electron chi connectivity index (χ4n) is 5.70. The van der Waals surface area contributed by atoms with Crippen LogP contribution >= 0.6 is 0 Å². The Labute approximate surface area is 134 Å². The molecule has 4 atom stereocenters. The number of benzene rings is 1. The molecule has 0 spiro atoms. The monoisotopic (exact) mass is 320 g/mol. The lowest BCUT2D eigenvalue weighted by atomic mass is 9.55. The van der Waals surface area contributed by atoms with E-state index in [0.29, 0.717) is 24.0 Å². The summed E-state index contributed by atoms with van der Waals surface area (Å²) >= 11 is 0. The lowest BCUT2D eigenvalue weighted by molar-refractivity contribution is -0.129. The van der Waals surface area contributed by atoms with Gasteiger partial charge in [0.25, 0.3) is 6.43 Å². The second kappa shape index (κ2) is 5.02. The Balaban J connectivity index is 1.79. The van der Waals surface area contributed by atoms with Gasteiger partial charge in [-0.05, 0) is 73.1 Å². The largest absolute Gasteiger partial charge is 0.508 e. The van der Waals surface area contributed by atoms with Gasteiger partial charge in [-0.25, -0.2) is 8.78 Å². The molecule has 1 aromatic carbocycles. The first-order valence-electron chi connectivity index (χ1n) is 8.59. The molecule has 2 saturated carbocycles. The van der Waals surface area contributed by atoms with Gasteiger partial charge in [-0.2, -0.15) is 0 Å². The maximum absolute atomic E-state index is 13.5. The minimum atomic E-state index is -2.56. The van der Waals surface area contributed by atoms with Crippen LogP contribution in [0.2, 0.25) is 0 Å². The van der Waals surface area contributed by atoms with Crippen LogP contribution in [0.15, 0.2) is 12.1 Å². The Bertz CT molecular complexity index is 670. The molecule has 0 bridgehead atoms. The Kier molecular flexibility index (Phi) is 3.30. The molecule has 4 rings (SSSR count). The van der Waals surface area contributed by atoms with Crippen LogP contribution in [0, 0.1) is 17.3 Å². The Morgan fingerprint density at radius 3 is 2.74 bits per heavy atom. The van der Waals surface area contributed by atoms with Gasteiger partial charge in [-0.1, -0.05) is 6.92 Å². The minimum absolute atomic E-state index is 0.00243. The summed E-state index contributed by atoms with van der Waals surface area (Å²) in [6.45, 7) is 2.09. The van der Waals surface area contributed by atoms with Crippen molar-refractivity contribution in [2.24, 2.45) is 17.3 Å². The molecule has 0 aliphatic heterocycles. The number of carbonyl (C=O) groups is 1. The van der Waals surface area contributed by atoms with Crippen molar-refractivity contribution in [3.05, 3.63) is 28.8 Å². The van der Waals surface area contributed by atoms with Crippen LogP contribution < -0.4 is 0 Å². The first-order chi connectivity index (χ1) is 10.9. The molecule has 1 N–H and O–H groups in total. The van der Waals surface area contributed by atoms with Gasteiger partial charge in [-0.3, -0.25) is 4.79 Å². The van der Waals surface area contributed by atoms with Gasteiger partial charge < -0.3 is 5.11 Å². The number of phenolic OH excluding ortho intramolecular Hbond substituents is 1. The summed E-state index contributed by atoms with van der Waals surface area (Å²) in [5, 5.41) is 9.76. The minimum Gasteiger partial charge on any atom is -0.508 e. The fraction of sp³-hybridized carbons (Fsp3) is 0.632. The van der Waals surface area contributed by atoms with Crippen molar-refractivity contribution in [2.45, 2.75) is 57.8 Å². The highest BCUT2D eigenvalue weighted by atomic mass is 19.3. The average Bonchev–Trinajstić information content (AvgIpc) is 2.81. The van der Waals surface area contributed by atoms with Gasteiger partial charge in [0.15, 0.2) is 0 Å². The van der Waals surface area contributed by atoms with Gasteiger partial charge in [0, 0.05) is 17.4 Å². The number of fused-ring (bicyclic) bond motifs is 5. The molecule has 4 heteroatoms. The van der Waals surface area contributed by atoms with Gasteiger partial charge in [0.2, 0.25) is 0 Å². The van der Waals surface area contributed by atoms with E-state index in [0.717, 1.165) is 43.2 Å². The fourth-order valence-corrected chi connectivity index (χ4v) is 5.70. The summed E-state index contributed by atoms with van der Waals surface area (Å²) in [4.78, 5) is 12.3. The SMILES string of the molecule is C[C@]12CC[C@@H]3c4c(cc(O)cc4C(F)F)CC[C@H]3[C@@H]1CCC2=O. The van der Waals surface area contributed by atoms with Crippen molar-refractivity contribution >= 4 is 5.78 Å². The van der Waals surface area contributed by atoms with Crippen molar-refractivity contribution in [1.29, 1.82) is 0 Å². The van der Waals surface area contributed by atoms with Crippen molar-refractivity contribution < 1.29 is 18.7 Å². The molecule has 3 aliphatic carbocycles. The van der Waals surface area contributed by atoms with E-state index in [1.54, 1.807) is 6.07 Å². The average molecular weight is 320 g/mol. The second-order valence-corrected chi connectivity index (χ2v) is 7.74. The van der Waals surface area contributed by atoms with Crippen molar-refractivity contribution in [3.8, 4) is 5.75 Å². The van der Waals surface area contributed by atoms with E-state index in [-0.39, 0.29) is 22.6 Å². The lowest BCUT2D eigenvalue weighted by Gasteiger charge is -2.48. The van der Waals surface area contributed by atoms with Crippen LogP contribution in [0.1, 0.15) is 68.1 Å². The van der Waals surface area contributed by atoms with E-state index >= 15 is 0 Å². The smallest absolute Gasteiger partial charge is 0.264 e. The number of aromatic hydroxyl groups is 1. The maximum Gasteiger partial charge on any atom is 0.264 e. The van der Waals surface area contributed by atoms with E-state index in [9.17, 15) is 18.7 Å². The summed E-state index contributed by atoms with van der Waals surface area (Å²) in [6, 6.07) is 2.89. The third kappa shape index (κ3) is 2.06. The highest BCUT2D eigenvalue weighted by Gasteiger charge is 2.55. The molecule has 23 heavy (non-hydrogen) atoms. The number of carbonyl (C=O) groups excluding carboxylic acids is 1. The number of hydrogen-bond acceptors (Lipinski definition) is 2. The Morgan fingerprint density at radius 1 is 1.22 bits per heavy atom. The molecule has 2 nitrogen and oxygen atoms in total. The quantitative estimate of drug-likeness (QED) is 0.810. The molecule has 2 fully saturated rings. The molecule has 0 radical (unpaired) electrons. The van der Waals surface area contributed by atoms with Crippen LogP contribution in [0.4, 0.5) is 8.78 Å². The van der Waals surface area contributed by atoms with E-state index in [1.807, 2.05) is 0 Å². The zero-order valence-electron chi connectivity index (χ0n) is 13.3. The van der Waals surface area contributed by atoms with Crippen LogP contribution in [0.5, 0.6) is 5.75 Å². The highest BCUT2D eigenvalue weighted by molar-refractivity contribution is 5.87. The molecule has 1 aromatic rings. The Hall–Kier alpha value is -1.45. The standard InChI is InChI=1S/C19H22F2O2/c1-19-7-6-13-12(15(19)4-5-16(19)23)3-2-10-8-11(22)9-14(17(10)13)18(20)21/h8-9,12-13,15,18,22H,2-7H2,1H3/t12-,13+,15+,19+/m1/s1. The van der Waals surface area contributed by atoms with Gasteiger partial charge in [-0.15, -0.1) is 0 Å². The van der Waals surface area contributed by atoms with Crippen LogP contribution in [-0.2, 0) is 11.2 Å². The van der Waals surface area contributed by atoms with Crippen molar-refractivity contribution in [3.63, 3.8) is 0 Å². The van der Waals surface area contributed by atoms with E-state index in [4.69, 9.17) is 0 Å². The molecule has 3 aliphatic rings. The molecule has 0 heterocycles. The van der Waals surface area contributed by atoms with Crippen LogP contribution in [-0.4, -0.2) is 10.9 Å². The molecule has 0 saturated heterocycles. The number of alkyl halides is 2. The topological polar surface area (TPSA) is 37.3 Å². The number of hydrogen-bond donors (Lipinski definition) is 1. The van der Waals surface area contributed by atoms with E-state index in [2.05, 4.69) is 6.92 Å². The van der Waals surface area contributed by atoms with Crippen molar-refractivity contribution in [2.75, 3.05) is 0 Å². The first kappa shape index (κ1) is 15.1. The van der Waals surface area contributed by atoms with Gasteiger partial charge >= 0.3 is 0 Å². The third-order valence-corrected chi connectivity index (χ3v) is 6.78. The van der Waals surface area contributed by atoms with Crippen molar-refractivity contribution in [1.82, 2.24) is 0 Å². The second-order valence-electron chi connectivity index (χ2n) is 7.74.